The fourth-order valence-corrected chi connectivity index (χ4v) is 4.39. The van der Waals surface area contributed by atoms with Crippen LogP contribution in [0.4, 0.5) is 0 Å². The Kier molecular flexibility index (Phi) is 3.70. The first-order chi connectivity index (χ1) is 8.68. The molecule has 3 rings (SSSR count). The van der Waals surface area contributed by atoms with Crippen molar-refractivity contribution < 1.29 is 10.0 Å². The van der Waals surface area contributed by atoms with Crippen LogP contribution in [0.3, 0.4) is 0 Å². The zero-order valence-corrected chi connectivity index (χ0v) is 11.4. The van der Waals surface area contributed by atoms with Crippen LogP contribution in [0.15, 0.2) is 0 Å². The van der Waals surface area contributed by atoms with Gasteiger partial charge in [0.15, 0.2) is 0 Å². The van der Waals surface area contributed by atoms with Crippen LogP contribution in [0, 0.1) is 17.3 Å². The van der Waals surface area contributed by atoms with Crippen molar-refractivity contribution in [2.45, 2.75) is 51.3 Å². The fraction of sp³-hybridized carbons (Fsp3) is 1.00. The summed E-state index contributed by atoms with van der Waals surface area (Å²) in [5.74, 6) is 1.71. The molecule has 3 unspecified atom stereocenters. The van der Waals surface area contributed by atoms with Crippen LogP contribution < -0.4 is 0 Å². The van der Waals surface area contributed by atoms with Gasteiger partial charge in [-0.3, -0.25) is 0 Å². The van der Waals surface area contributed by atoms with Gasteiger partial charge in [0.2, 0.25) is 0 Å². The van der Waals surface area contributed by atoms with E-state index in [1.54, 1.807) is 0 Å². The Bertz CT molecular complexity index is 294. The third-order valence-electron chi connectivity index (χ3n) is 5.60. The Labute approximate surface area is 111 Å². The van der Waals surface area contributed by atoms with Gasteiger partial charge in [-0.25, -0.2) is 0 Å². The van der Waals surface area contributed by atoms with Crippen molar-refractivity contribution >= 4 is 7.12 Å². The first-order valence-corrected chi connectivity index (χ1v) is 7.76. The number of hydrogen-bond donors (Lipinski definition) is 2. The van der Waals surface area contributed by atoms with Gasteiger partial charge in [-0.2, -0.15) is 0 Å². The quantitative estimate of drug-likeness (QED) is 0.731. The van der Waals surface area contributed by atoms with E-state index in [1.807, 2.05) is 0 Å². The van der Waals surface area contributed by atoms with Crippen molar-refractivity contribution in [3.05, 3.63) is 0 Å². The van der Waals surface area contributed by atoms with Gasteiger partial charge in [0.1, 0.15) is 0 Å². The van der Waals surface area contributed by atoms with Crippen LogP contribution in [0.1, 0.15) is 44.9 Å². The molecule has 0 spiro atoms. The lowest BCUT2D eigenvalue weighted by molar-refractivity contribution is 0.186. The molecule has 2 N–H and O–H groups in total. The number of rotatable bonds is 5. The average Bonchev–Trinajstić information content (AvgIpc) is 2.79. The molecule has 0 amide bonds. The van der Waals surface area contributed by atoms with E-state index in [4.69, 9.17) is 10.0 Å². The van der Waals surface area contributed by atoms with Crippen LogP contribution in [0.5, 0.6) is 0 Å². The Morgan fingerprint density at radius 2 is 2.00 bits per heavy atom. The Morgan fingerprint density at radius 3 is 2.67 bits per heavy atom. The maximum Gasteiger partial charge on any atom is 0.451 e. The summed E-state index contributed by atoms with van der Waals surface area (Å²) in [5.41, 5.74) is 0.679. The van der Waals surface area contributed by atoms with Gasteiger partial charge in [-0.05, 0) is 75.2 Å². The van der Waals surface area contributed by atoms with Gasteiger partial charge in [-0.15, -0.1) is 0 Å². The van der Waals surface area contributed by atoms with E-state index in [9.17, 15) is 0 Å². The number of likely N-dealkylation sites (tertiary alicyclic amines) is 1. The zero-order chi connectivity index (χ0) is 12.6. The van der Waals surface area contributed by atoms with Crippen molar-refractivity contribution in [3.8, 4) is 0 Å². The first kappa shape index (κ1) is 13.0. The van der Waals surface area contributed by atoms with E-state index >= 15 is 0 Å². The molecule has 1 aliphatic heterocycles. The minimum absolute atomic E-state index is 0.566. The molecule has 2 saturated carbocycles. The van der Waals surface area contributed by atoms with Crippen LogP contribution in [0.2, 0.25) is 6.32 Å². The third-order valence-corrected chi connectivity index (χ3v) is 5.60. The van der Waals surface area contributed by atoms with Gasteiger partial charge in [0, 0.05) is 6.54 Å². The molecule has 3 nitrogen and oxygen atoms in total. The van der Waals surface area contributed by atoms with Gasteiger partial charge in [0.25, 0.3) is 0 Å². The van der Waals surface area contributed by atoms with E-state index < -0.39 is 7.12 Å². The molecule has 4 heteroatoms. The van der Waals surface area contributed by atoms with Crippen LogP contribution in [-0.4, -0.2) is 41.7 Å². The lowest BCUT2D eigenvalue weighted by Crippen LogP contribution is -2.31. The summed E-state index contributed by atoms with van der Waals surface area (Å²) in [6.07, 6.45) is 9.87. The highest BCUT2D eigenvalue weighted by Gasteiger charge is 2.56. The molecular weight excluding hydrogens is 225 g/mol. The second kappa shape index (κ2) is 5.14. The third kappa shape index (κ3) is 2.76. The molecule has 3 aliphatic rings. The number of nitrogens with zero attached hydrogens (tertiary/aromatic N) is 1. The molecule has 3 atom stereocenters. The van der Waals surface area contributed by atoms with Gasteiger partial charge in [-0.1, -0.05) is 6.42 Å². The Morgan fingerprint density at radius 1 is 1.22 bits per heavy atom. The summed E-state index contributed by atoms with van der Waals surface area (Å²) in [6, 6.07) is 0. The highest BCUT2D eigenvalue weighted by molar-refractivity contribution is 6.40. The maximum absolute atomic E-state index is 8.95. The SMILES string of the molecule is OB(O)CCC1CCC2(CN3CCCC3)CC2C1. The largest absolute Gasteiger partial charge is 0.451 e. The molecule has 0 aromatic rings. The predicted octanol–water partition coefficient (Wildman–Crippen LogP) is 1.75. The normalized spacial score (nSPS) is 39.7. The summed E-state index contributed by atoms with van der Waals surface area (Å²) in [7, 11) is -1.10. The smallest absolute Gasteiger partial charge is 0.427 e. The van der Waals surface area contributed by atoms with Crippen LogP contribution in [0.25, 0.3) is 0 Å². The predicted molar refractivity (Wildman–Crippen MR) is 73.2 cm³/mol. The molecule has 102 valence electrons. The summed E-state index contributed by atoms with van der Waals surface area (Å²) >= 11 is 0. The summed E-state index contributed by atoms with van der Waals surface area (Å²) in [5, 5.41) is 17.9. The van der Waals surface area contributed by atoms with Crippen molar-refractivity contribution in [1.82, 2.24) is 4.90 Å². The second-order valence-electron chi connectivity index (χ2n) is 6.95. The topological polar surface area (TPSA) is 43.7 Å². The zero-order valence-electron chi connectivity index (χ0n) is 11.4. The molecule has 1 saturated heterocycles. The van der Waals surface area contributed by atoms with Crippen LogP contribution in [-0.2, 0) is 0 Å². The minimum atomic E-state index is -1.10. The lowest BCUT2D eigenvalue weighted by Gasteiger charge is -2.31. The average molecular weight is 251 g/mol. The number of hydrogen-bond acceptors (Lipinski definition) is 3. The minimum Gasteiger partial charge on any atom is -0.427 e. The summed E-state index contributed by atoms with van der Waals surface area (Å²) in [6.45, 7) is 4.01. The molecule has 18 heavy (non-hydrogen) atoms. The van der Waals surface area contributed by atoms with Crippen molar-refractivity contribution in [3.63, 3.8) is 0 Å². The molecule has 0 radical (unpaired) electrons. The van der Waals surface area contributed by atoms with E-state index in [1.165, 1.54) is 58.2 Å². The van der Waals surface area contributed by atoms with E-state index in [0.717, 1.165) is 18.3 Å². The van der Waals surface area contributed by atoms with E-state index in [0.29, 0.717) is 11.7 Å². The molecule has 3 fully saturated rings. The van der Waals surface area contributed by atoms with Crippen molar-refractivity contribution in [1.29, 1.82) is 0 Å². The molecule has 0 aromatic heterocycles. The van der Waals surface area contributed by atoms with Gasteiger partial charge >= 0.3 is 7.12 Å². The van der Waals surface area contributed by atoms with Crippen LogP contribution >= 0.6 is 0 Å². The first-order valence-electron chi connectivity index (χ1n) is 7.76. The Balaban J connectivity index is 1.44. The molecule has 0 aromatic carbocycles. The molecule has 2 aliphatic carbocycles. The standard InChI is InChI=1S/C14H26BNO2/c17-15(18)6-4-12-3-5-14(10-13(14)9-12)11-16-7-1-2-8-16/h12-13,17-18H,1-11H2. The van der Waals surface area contributed by atoms with E-state index in [2.05, 4.69) is 4.90 Å². The molecular formula is C14H26BNO2. The molecule has 1 heterocycles. The van der Waals surface area contributed by atoms with E-state index in [-0.39, 0.29) is 0 Å². The van der Waals surface area contributed by atoms with Gasteiger partial charge < -0.3 is 14.9 Å². The second-order valence-corrected chi connectivity index (χ2v) is 6.95. The van der Waals surface area contributed by atoms with Crippen molar-refractivity contribution in [2.24, 2.45) is 17.3 Å². The van der Waals surface area contributed by atoms with Crippen molar-refractivity contribution in [2.75, 3.05) is 19.6 Å². The lowest BCUT2D eigenvalue weighted by atomic mass is 9.74. The summed E-state index contributed by atoms with van der Waals surface area (Å²) in [4.78, 5) is 2.68. The Hall–Kier alpha value is -0.0551. The fourth-order valence-electron chi connectivity index (χ4n) is 4.39. The molecule has 0 bridgehead atoms. The highest BCUT2D eigenvalue weighted by Crippen LogP contribution is 2.63. The monoisotopic (exact) mass is 251 g/mol. The maximum atomic E-state index is 8.95. The van der Waals surface area contributed by atoms with Gasteiger partial charge in [0.05, 0.1) is 0 Å². The summed E-state index contributed by atoms with van der Waals surface area (Å²) < 4.78 is 0. The highest BCUT2D eigenvalue weighted by atomic mass is 16.4. The number of fused-ring (bicyclic) bond motifs is 1.